The molecule has 3 aromatic heterocycles. The van der Waals surface area contributed by atoms with Gasteiger partial charge in [-0.3, -0.25) is 9.80 Å². The molecule has 0 unspecified atom stereocenters. The first-order chi connectivity index (χ1) is 21.5. The first-order valence-electron chi connectivity index (χ1n) is 15.5. The largest absolute Gasteiger partial charge is 0.358 e. The molecule has 0 aliphatic carbocycles. The van der Waals surface area contributed by atoms with Crippen LogP contribution in [0, 0.1) is 51.1 Å². The first kappa shape index (κ1) is 35.2. The summed E-state index contributed by atoms with van der Waals surface area (Å²) in [5.41, 5.74) is 0. The number of rotatable bonds is 22. The predicted octanol–water partition coefficient (Wildman–Crippen LogP) is 4.29. The Labute approximate surface area is 262 Å². The van der Waals surface area contributed by atoms with Crippen LogP contribution in [0.4, 0.5) is 17.5 Å². The number of aromatic nitrogens is 6. The van der Waals surface area contributed by atoms with Crippen LogP contribution in [0.1, 0.15) is 62.9 Å². The topological polar surface area (TPSA) is 189 Å². The number of nitro groups is 3. The lowest BCUT2D eigenvalue weighted by molar-refractivity contribution is -0.392. The fraction of sp³-hybridized carbons (Fsp3) is 0.679. The summed E-state index contributed by atoms with van der Waals surface area (Å²) in [6.07, 6.45) is 10.2. The van der Waals surface area contributed by atoms with Gasteiger partial charge in [0, 0.05) is 40.4 Å². The van der Waals surface area contributed by atoms with Crippen molar-refractivity contribution in [2.75, 3.05) is 39.3 Å². The molecule has 0 aliphatic heterocycles. The number of likely N-dealkylation sites (N-methyl/N-ethyl adjacent to an activating group) is 1. The van der Waals surface area contributed by atoms with Crippen LogP contribution in [-0.4, -0.2) is 92.5 Å². The zero-order chi connectivity index (χ0) is 32.9. The van der Waals surface area contributed by atoms with Crippen LogP contribution in [0.2, 0.25) is 0 Å². The fourth-order valence-electron chi connectivity index (χ4n) is 5.50. The van der Waals surface area contributed by atoms with Crippen molar-refractivity contribution in [3.63, 3.8) is 0 Å². The van der Waals surface area contributed by atoms with Gasteiger partial charge in [0.25, 0.3) is 0 Å². The molecule has 0 N–H and O–H groups in total. The Morgan fingerprint density at radius 3 is 1.20 bits per heavy atom. The Kier molecular flexibility index (Phi) is 13.5. The molecule has 3 aromatic rings. The highest BCUT2D eigenvalue weighted by Gasteiger charge is 2.21. The Bertz CT molecular complexity index is 1350. The lowest BCUT2D eigenvalue weighted by Crippen LogP contribution is -2.32. The molecule has 0 amide bonds. The van der Waals surface area contributed by atoms with Gasteiger partial charge in [0.2, 0.25) is 0 Å². The van der Waals surface area contributed by atoms with Crippen molar-refractivity contribution in [1.82, 2.24) is 38.5 Å². The molecular weight excluding hydrogens is 586 g/mol. The Balaban J connectivity index is 1.43. The van der Waals surface area contributed by atoms with E-state index in [1.54, 1.807) is 34.5 Å². The van der Waals surface area contributed by atoms with Crippen molar-refractivity contribution < 1.29 is 14.8 Å². The molecule has 3 heterocycles. The molecule has 248 valence electrons. The molecule has 3 rings (SSSR count). The lowest BCUT2D eigenvalue weighted by atomic mass is 10.1. The number of hydrogen-bond acceptors (Lipinski definition) is 11. The average Bonchev–Trinajstić information content (AvgIpc) is 3.68. The SMILES string of the molecule is CCN(CCCCCCCCN(CCn1c([N+](=O)[O-])cnc1C)CCn1c([N+](=O)[O-])cnc1C)CCn1c([N+](=O)[O-])cnc1C. The third-order valence-corrected chi connectivity index (χ3v) is 8.23. The van der Waals surface area contributed by atoms with E-state index in [9.17, 15) is 30.3 Å². The minimum atomic E-state index is -0.435. The maximum atomic E-state index is 11.4. The van der Waals surface area contributed by atoms with Crippen molar-refractivity contribution in [3.8, 4) is 0 Å². The van der Waals surface area contributed by atoms with Gasteiger partial charge < -0.3 is 30.3 Å². The maximum Gasteiger partial charge on any atom is 0.342 e. The maximum absolute atomic E-state index is 11.4. The van der Waals surface area contributed by atoms with Gasteiger partial charge in [-0.25, -0.2) is 28.7 Å². The zero-order valence-electron chi connectivity index (χ0n) is 26.7. The summed E-state index contributed by atoms with van der Waals surface area (Å²) in [6, 6.07) is 0. The van der Waals surface area contributed by atoms with Gasteiger partial charge in [-0.15, -0.1) is 0 Å². The standard InChI is InChI=1S/C28H45N11O6/c1-5-32(14-17-34-23(2)29-20-26(34)37(40)41)12-10-8-6-7-9-11-13-33(15-18-35-24(3)30-21-27(35)38(42)43)16-19-36-25(4)31-22-28(36)39(44)45/h20-22H,5-19H2,1-4H3. The number of aryl methyl sites for hydroxylation is 3. The highest BCUT2D eigenvalue weighted by molar-refractivity contribution is 5.20. The summed E-state index contributed by atoms with van der Waals surface area (Å²) in [4.78, 5) is 49.6. The van der Waals surface area contributed by atoms with E-state index in [1.165, 1.54) is 18.6 Å². The summed E-state index contributed by atoms with van der Waals surface area (Å²) in [5, 5.41) is 34.1. The van der Waals surface area contributed by atoms with Gasteiger partial charge in [-0.1, -0.05) is 32.6 Å². The van der Waals surface area contributed by atoms with E-state index in [0.29, 0.717) is 50.2 Å². The highest BCUT2D eigenvalue weighted by atomic mass is 16.6. The Morgan fingerprint density at radius 1 is 0.556 bits per heavy atom. The van der Waals surface area contributed by atoms with Gasteiger partial charge in [0.1, 0.15) is 38.2 Å². The molecule has 0 bridgehead atoms. The molecule has 45 heavy (non-hydrogen) atoms. The van der Waals surface area contributed by atoms with E-state index in [0.717, 1.165) is 64.7 Å². The molecule has 0 fully saturated rings. The van der Waals surface area contributed by atoms with Crippen molar-refractivity contribution in [2.45, 2.75) is 85.9 Å². The molecule has 0 atom stereocenters. The minimum absolute atomic E-state index is 0.0263. The van der Waals surface area contributed by atoms with Crippen molar-refractivity contribution >= 4 is 17.5 Å². The number of nitrogens with zero attached hydrogens (tertiary/aromatic N) is 11. The molecule has 0 spiro atoms. The lowest BCUT2D eigenvalue weighted by Gasteiger charge is -2.21. The summed E-state index contributed by atoms with van der Waals surface area (Å²) < 4.78 is 4.84. The van der Waals surface area contributed by atoms with Crippen LogP contribution < -0.4 is 0 Å². The molecule has 0 saturated carbocycles. The average molecular weight is 632 g/mol. The smallest absolute Gasteiger partial charge is 0.342 e. The van der Waals surface area contributed by atoms with E-state index >= 15 is 0 Å². The van der Waals surface area contributed by atoms with E-state index in [2.05, 4.69) is 31.7 Å². The van der Waals surface area contributed by atoms with E-state index in [1.807, 2.05) is 0 Å². The van der Waals surface area contributed by atoms with Crippen LogP contribution >= 0.6 is 0 Å². The molecule has 0 aromatic carbocycles. The van der Waals surface area contributed by atoms with Crippen molar-refractivity contribution in [1.29, 1.82) is 0 Å². The second-order valence-corrected chi connectivity index (χ2v) is 11.1. The summed E-state index contributed by atoms with van der Waals surface area (Å²) in [7, 11) is 0. The van der Waals surface area contributed by atoms with E-state index < -0.39 is 14.8 Å². The summed E-state index contributed by atoms with van der Waals surface area (Å²) in [6.45, 7) is 13.1. The summed E-state index contributed by atoms with van der Waals surface area (Å²) in [5.74, 6) is 1.72. The van der Waals surface area contributed by atoms with Crippen LogP contribution in [0.5, 0.6) is 0 Å². The molecule has 0 aliphatic rings. The van der Waals surface area contributed by atoms with E-state index in [4.69, 9.17) is 0 Å². The normalized spacial score (nSPS) is 11.6. The Morgan fingerprint density at radius 2 is 0.867 bits per heavy atom. The monoisotopic (exact) mass is 631 g/mol. The molecular formula is C28H45N11O6. The second-order valence-electron chi connectivity index (χ2n) is 11.1. The van der Waals surface area contributed by atoms with Crippen LogP contribution in [-0.2, 0) is 19.6 Å². The van der Waals surface area contributed by atoms with Crippen LogP contribution in [0.3, 0.4) is 0 Å². The fourth-order valence-corrected chi connectivity index (χ4v) is 5.50. The van der Waals surface area contributed by atoms with Gasteiger partial charge >= 0.3 is 17.5 Å². The number of unbranched alkanes of at least 4 members (excludes halogenated alkanes) is 5. The molecule has 0 radical (unpaired) electrons. The van der Waals surface area contributed by atoms with Gasteiger partial charge in [0.05, 0.1) is 0 Å². The molecule has 0 saturated heterocycles. The summed E-state index contributed by atoms with van der Waals surface area (Å²) >= 11 is 0. The third kappa shape index (κ3) is 10.1. The highest BCUT2D eigenvalue weighted by Crippen LogP contribution is 2.17. The van der Waals surface area contributed by atoms with Gasteiger partial charge in [0.15, 0.2) is 17.5 Å². The number of imidazole rings is 3. The third-order valence-electron chi connectivity index (χ3n) is 8.23. The van der Waals surface area contributed by atoms with E-state index in [-0.39, 0.29) is 17.5 Å². The Hall–Kier alpha value is -4.25. The van der Waals surface area contributed by atoms with Crippen LogP contribution in [0.15, 0.2) is 18.6 Å². The molecule has 17 nitrogen and oxygen atoms in total. The quantitative estimate of drug-likeness (QED) is 0.0873. The van der Waals surface area contributed by atoms with Crippen molar-refractivity contribution in [3.05, 3.63) is 66.4 Å². The van der Waals surface area contributed by atoms with Crippen LogP contribution in [0.25, 0.3) is 0 Å². The first-order valence-corrected chi connectivity index (χ1v) is 15.5. The number of hydrogen-bond donors (Lipinski definition) is 0. The molecule has 17 heteroatoms. The zero-order valence-corrected chi connectivity index (χ0v) is 26.7. The van der Waals surface area contributed by atoms with Gasteiger partial charge in [-0.2, -0.15) is 0 Å². The minimum Gasteiger partial charge on any atom is -0.358 e. The predicted molar refractivity (Wildman–Crippen MR) is 167 cm³/mol. The van der Waals surface area contributed by atoms with Gasteiger partial charge in [-0.05, 0) is 47.2 Å². The second kappa shape index (κ2) is 17.3. The van der Waals surface area contributed by atoms with Crippen molar-refractivity contribution in [2.24, 2.45) is 0 Å².